The van der Waals surface area contributed by atoms with Crippen LogP contribution < -0.4 is 0 Å². The average molecular weight is 370 g/mol. The number of rotatable bonds is 4. The van der Waals surface area contributed by atoms with E-state index < -0.39 is 5.38 Å². The van der Waals surface area contributed by atoms with Gasteiger partial charge < -0.3 is 0 Å². The molecule has 0 radical (unpaired) electrons. The molecule has 0 spiro atoms. The van der Waals surface area contributed by atoms with Crippen molar-refractivity contribution in [2.75, 3.05) is 0 Å². The predicted molar refractivity (Wildman–Crippen MR) is 91.6 cm³/mol. The zero-order valence-corrected chi connectivity index (χ0v) is 14.8. The Morgan fingerprint density at radius 2 is 1.76 bits per heavy atom. The minimum absolute atomic E-state index is 0.140. The Morgan fingerprint density at radius 1 is 1.14 bits per heavy atom. The van der Waals surface area contributed by atoms with Gasteiger partial charge in [0.15, 0.2) is 0 Å². The topological polar surface area (TPSA) is 0 Å². The minimum Gasteiger partial charge on any atom is -0.207 e. The van der Waals surface area contributed by atoms with E-state index in [1.165, 1.54) is 11.6 Å². The molecule has 0 bridgehead atoms. The Balaban J connectivity index is 2.32. The summed E-state index contributed by atoms with van der Waals surface area (Å²) in [6.07, 6.45) is 1.07. The molecule has 112 valence electrons. The molecule has 0 fully saturated rings. The summed E-state index contributed by atoms with van der Waals surface area (Å²) in [7, 11) is 0. The summed E-state index contributed by atoms with van der Waals surface area (Å²) in [4.78, 5) is 0. The van der Waals surface area contributed by atoms with Gasteiger partial charge in [0.1, 0.15) is 5.82 Å². The summed E-state index contributed by atoms with van der Waals surface area (Å²) in [6, 6.07) is 13.0. The third-order valence-electron chi connectivity index (χ3n) is 4.10. The van der Waals surface area contributed by atoms with Gasteiger partial charge in [0.2, 0.25) is 0 Å². The Morgan fingerprint density at radius 3 is 2.33 bits per heavy atom. The van der Waals surface area contributed by atoms with Crippen molar-refractivity contribution in [1.29, 1.82) is 0 Å². The molecule has 2 aromatic rings. The van der Waals surface area contributed by atoms with Crippen LogP contribution in [0.2, 0.25) is 0 Å². The number of hydrogen-bond donors (Lipinski definition) is 0. The van der Waals surface area contributed by atoms with Gasteiger partial charge in [-0.15, -0.1) is 11.6 Å². The third kappa shape index (κ3) is 3.67. The molecule has 0 saturated carbocycles. The smallest absolute Gasteiger partial charge is 0.128 e. The van der Waals surface area contributed by atoms with E-state index in [0.717, 1.165) is 16.5 Å². The monoisotopic (exact) mass is 368 g/mol. The molecule has 0 aliphatic heterocycles. The molecule has 0 N–H and O–H groups in total. The Kier molecular flexibility index (Phi) is 5.11. The van der Waals surface area contributed by atoms with Crippen LogP contribution in [0, 0.1) is 5.82 Å². The van der Waals surface area contributed by atoms with Crippen molar-refractivity contribution in [2.24, 2.45) is 0 Å². The van der Waals surface area contributed by atoms with Crippen LogP contribution >= 0.6 is 27.5 Å². The summed E-state index contributed by atoms with van der Waals surface area (Å²) in [5.74, 6) is -0.281. The highest BCUT2D eigenvalue weighted by molar-refractivity contribution is 9.10. The quantitative estimate of drug-likeness (QED) is 0.532. The molecule has 0 amide bonds. The summed E-state index contributed by atoms with van der Waals surface area (Å²) >= 11 is 9.81. The first-order valence-corrected chi connectivity index (χ1v) is 8.27. The van der Waals surface area contributed by atoms with Crippen molar-refractivity contribution in [3.63, 3.8) is 0 Å². The number of alkyl halides is 1. The van der Waals surface area contributed by atoms with Gasteiger partial charge in [-0.3, -0.25) is 0 Å². The van der Waals surface area contributed by atoms with Crippen LogP contribution in [0.5, 0.6) is 0 Å². The van der Waals surface area contributed by atoms with Crippen molar-refractivity contribution < 1.29 is 4.39 Å². The number of halogens is 3. The van der Waals surface area contributed by atoms with Gasteiger partial charge in [-0.2, -0.15) is 0 Å². The molecule has 0 heterocycles. The highest BCUT2D eigenvalue weighted by Crippen LogP contribution is 2.34. The average Bonchev–Trinajstić information content (AvgIpc) is 2.49. The van der Waals surface area contributed by atoms with Crippen molar-refractivity contribution in [1.82, 2.24) is 0 Å². The fourth-order valence-electron chi connectivity index (χ4n) is 2.20. The van der Waals surface area contributed by atoms with Crippen LogP contribution in [-0.4, -0.2) is 0 Å². The number of benzene rings is 2. The van der Waals surface area contributed by atoms with Gasteiger partial charge in [-0.1, -0.05) is 61.0 Å². The fourth-order valence-corrected chi connectivity index (χ4v) is 2.89. The highest BCUT2D eigenvalue weighted by atomic mass is 79.9. The summed E-state index contributed by atoms with van der Waals surface area (Å²) in [5.41, 5.74) is 2.81. The van der Waals surface area contributed by atoms with E-state index in [1.807, 2.05) is 12.1 Å². The van der Waals surface area contributed by atoms with Crippen LogP contribution in [0.1, 0.15) is 49.3 Å². The minimum atomic E-state index is -0.485. The van der Waals surface area contributed by atoms with E-state index in [4.69, 9.17) is 11.6 Å². The lowest BCUT2D eigenvalue weighted by molar-refractivity contribution is 0.506. The first-order chi connectivity index (χ1) is 9.85. The van der Waals surface area contributed by atoms with Gasteiger partial charge in [-0.05, 0) is 41.2 Å². The molecule has 0 aliphatic carbocycles. The molecule has 0 nitrogen and oxygen atoms in total. The largest absolute Gasteiger partial charge is 0.207 e. The maximum atomic E-state index is 13.9. The standard InChI is InChI=1S/C18H19BrClF/c1-4-18(2,3)13-7-5-12(6-8-13)17(20)15-11-14(19)9-10-16(15)21/h5-11,17H,4H2,1-3H3. The molecule has 1 unspecified atom stereocenters. The second-order valence-electron chi connectivity index (χ2n) is 5.89. The second-order valence-corrected chi connectivity index (χ2v) is 7.24. The SMILES string of the molecule is CCC(C)(C)c1ccc(C(Cl)c2cc(Br)ccc2F)cc1. The van der Waals surface area contributed by atoms with Gasteiger partial charge in [-0.25, -0.2) is 4.39 Å². The molecule has 0 saturated heterocycles. The predicted octanol–water partition coefficient (Wildman–Crippen LogP) is 6.60. The summed E-state index contributed by atoms with van der Waals surface area (Å²) < 4.78 is 14.8. The fraction of sp³-hybridized carbons (Fsp3) is 0.333. The zero-order valence-electron chi connectivity index (χ0n) is 12.5. The lowest BCUT2D eigenvalue weighted by Gasteiger charge is -2.24. The van der Waals surface area contributed by atoms with Gasteiger partial charge >= 0.3 is 0 Å². The van der Waals surface area contributed by atoms with Gasteiger partial charge in [0, 0.05) is 10.0 Å². The zero-order chi connectivity index (χ0) is 15.6. The van der Waals surface area contributed by atoms with E-state index in [-0.39, 0.29) is 11.2 Å². The molecular formula is C18H19BrClF. The second kappa shape index (κ2) is 6.50. The van der Waals surface area contributed by atoms with E-state index in [2.05, 4.69) is 48.8 Å². The molecule has 2 rings (SSSR count). The Bertz CT molecular complexity index is 620. The Labute approximate surface area is 139 Å². The van der Waals surface area contributed by atoms with E-state index in [1.54, 1.807) is 12.1 Å². The van der Waals surface area contributed by atoms with Crippen LogP contribution in [0.25, 0.3) is 0 Å². The lowest BCUT2D eigenvalue weighted by Crippen LogP contribution is -2.15. The van der Waals surface area contributed by atoms with Gasteiger partial charge in [0.05, 0.1) is 5.38 Å². The summed E-state index contributed by atoms with van der Waals surface area (Å²) in [6.45, 7) is 6.61. The van der Waals surface area contributed by atoms with Crippen molar-refractivity contribution in [3.05, 3.63) is 69.4 Å². The van der Waals surface area contributed by atoms with Crippen molar-refractivity contribution in [2.45, 2.75) is 38.0 Å². The molecule has 0 aliphatic rings. The Hall–Kier alpha value is -0.860. The van der Waals surface area contributed by atoms with Gasteiger partial charge in [0.25, 0.3) is 0 Å². The lowest BCUT2D eigenvalue weighted by atomic mass is 9.82. The summed E-state index contributed by atoms with van der Waals surface area (Å²) in [5, 5.41) is -0.485. The van der Waals surface area contributed by atoms with E-state index >= 15 is 0 Å². The number of hydrogen-bond acceptors (Lipinski definition) is 0. The maximum absolute atomic E-state index is 13.9. The first-order valence-electron chi connectivity index (χ1n) is 7.04. The van der Waals surface area contributed by atoms with Crippen LogP contribution in [0.3, 0.4) is 0 Å². The molecule has 1 atom stereocenters. The van der Waals surface area contributed by atoms with Crippen molar-refractivity contribution in [3.8, 4) is 0 Å². The molecular weight excluding hydrogens is 351 g/mol. The highest BCUT2D eigenvalue weighted by Gasteiger charge is 2.20. The van der Waals surface area contributed by atoms with Crippen molar-refractivity contribution >= 4 is 27.5 Å². The first kappa shape index (κ1) is 16.5. The molecule has 0 aromatic heterocycles. The third-order valence-corrected chi connectivity index (χ3v) is 5.08. The molecule has 3 heteroatoms. The normalized spacial score (nSPS) is 13.2. The van der Waals surface area contributed by atoms with E-state index in [0.29, 0.717) is 5.56 Å². The maximum Gasteiger partial charge on any atom is 0.128 e. The molecule has 2 aromatic carbocycles. The van der Waals surface area contributed by atoms with Crippen LogP contribution in [0.15, 0.2) is 46.9 Å². The van der Waals surface area contributed by atoms with Crippen LogP contribution in [-0.2, 0) is 5.41 Å². The van der Waals surface area contributed by atoms with E-state index in [9.17, 15) is 4.39 Å². The molecule has 21 heavy (non-hydrogen) atoms. The van der Waals surface area contributed by atoms with Crippen LogP contribution in [0.4, 0.5) is 4.39 Å².